The van der Waals surface area contributed by atoms with Gasteiger partial charge >= 0.3 is 6.61 Å². The number of hydrogen-bond acceptors (Lipinski definition) is 4. The minimum absolute atomic E-state index is 0.0530. The molecular weight excluding hydrogens is 376 g/mol. The number of alkyl halides is 2. The summed E-state index contributed by atoms with van der Waals surface area (Å²) in [4.78, 5) is 0. The molecule has 0 unspecified atom stereocenters. The van der Waals surface area contributed by atoms with Crippen molar-refractivity contribution in [2.45, 2.75) is 6.61 Å². The molecule has 0 amide bonds. The molecule has 0 aliphatic heterocycles. The van der Waals surface area contributed by atoms with E-state index in [1.165, 1.54) is 25.3 Å². The first kappa shape index (κ1) is 19.0. The van der Waals surface area contributed by atoms with Crippen LogP contribution in [0.1, 0.15) is 5.56 Å². The lowest BCUT2D eigenvalue weighted by molar-refractivity contribution is -0.0511. The molecule has 0 saturated heterocycles. The first-order chi connectivity index (χ1) is 11.8. The highest BCUT2D eigenvalue weighted by Gasteiger charge is 2.13. The summed E-state index contributed by atoms with van der Waals surface area (Å²) < 4.78 is 60.4. The van der Waals surface area contributed by atoms with Gasteiger partial charge in [-0.3, -0.25) is 4.72 Å². The van der Waals surface area contributed by atoms with Crippen molar-refractivity contribution in [1.29, 1.82) is 0 Å². The van der Waals surface area contributed by atoms with Crippen LogP contribution in [0.15, 0.2) is 47.9 Å². The second kappa shape index (κ2) is 8.17. The van der Waals surface area contributed by atoms with Crippen molar-refractivity contribution in [3.8, 4) is 11.5 Å². The van der Waals surface area contributed by atoms with Gasteiger partial charge in [-0.1, -0.05) is 23.7 Å². The van der Waals surface area contributed by atoms with Crippen molar-refractivity contribution < 1.29 is 26.7 Å². The Hall–Kier alpha value is -2.32. The zero-order valence-corrected chi connectivity index (χ0v) is 14.5. The molecular formula is C16H14ClF2NO4S. The molecule has 0 radical (unpaired) electrons. The number of hydrogen-bond donors (Lipinski definition) is 1. The average Bonchev–Trinajstić information content (AvgIpc) is 2.54. The van der Waals surface area contributed by atoms with E-state index in [-0.39, 0.29) is 17.2 Å². The zero-order valence-electron chi connectivity index (χ0n) is 12.9. The van der Waals surface area contributed by atoms with E-state index in [2.05, 4.69) is 9.46 Å². The Bertz CT molecular complexity index is 855. The fourth-order valence-corrected chi connectivity index (χ4v) is 2.85. The Morgan fingerprint density at radius 2 is 1.80 bits per heavy atom. The smallest absolute Gasteiger partial charge is 0.387 e. The molecule has 0 saturated carbocycles. The van der Waals surface area contributed by atoms with Crippen LogP contribution in [0.4, 0.5) is 14.5 Å². The van der Waals surface area contributed by atoms with E-state index in [0.717, 1.165) is 11.5 Å². The summed E-state index contributed by atoms with van der Waals surface area (Å²) in [6.45, 7) is -3.06. The van der Waals surface area contributed by atoms with Crippen molar-refractivity contribution in [2.24, 2.45) is 0 Å². The van der Waals surface area contributed by atoms with Gasteiger partial charge in [0.1, 0.15) is 0 Å². The van der Waals surface area contributed by atoms with Crippen LogP contribution in [-0.2, 0) is 10.0 Å². The summed E-state index contributed by atoms with van der Waals surface area (Å²) >= 11 is 5.75. The van der Waals surface area contributed by atoms with Gasteiger partial charge in [0.15, 0.2) is 11.5 Å². The van der Waals surface area contributed by atoms with Gasteiger partial charge in [0.25, 0.3) is 10.0 Å². The van der Waals surface area contributed by atoms with Gasteiger partial charge in [0, 0.05) is 11.1 Å². The lowest BCUT2D eigenvalue weighted by atomic mass is 10.2. The van der Waals surface area contributed by atoms with Gasteiger partial charge < -0.3 is 9.47 Å². The summed E-state index contributed by atoms with van der Waals surface area (Å²) in [7, 11) is -2.57. The van der Waals surface area contributed by atoms with Crippen LogP contribution in [0.5, 0.6) is 11.5 Å². The van der Waals surface area contributed by atoms with E-state index < -0.39 is 16.6 Å². The van der Waals surface area contributed by atoms with E-state index in [0.29, 0.717) is 10.6 Å². The fraction of sp³-hybridized carbons (Fsp3) is 0.125. The summed E-state index contributed by atoms with van der Waals surface area (Å²) in [5, 5.41) is 1.48. The van der Waals surface area contributed by atoms with Crippen LogP contribution >= 0.6 is 11.6 Å². The maximum Gasteiger partial charge on any atom is 0.387 e. The Morgan fingerprint density at radius 1 is 1.12 bits per heavy atom. The minimum Gasteiger partial charge on any atom is -0.493 e. The van der Waals surface area contributed by atoms with Crippen molar-refractivity contribution in [3.63, 3.8) is 0 Å². The summed E-state index contributed by atoms with van der Waals surface area (Å²) in [5.41, 5.74) is 0.684. The zero-order chi connectivity index (χ0) is 18.4. The highest BCUT2D eigenvalue weighted by atomic mass is 35.5. The number of benzene rings is 2. The molecule has 5 nitrogen and oxygen atoms in total. The molecule has 2 rings (SSSR count). The standard InChI is InChI=1S/C16H14ClF2NO4S/c1-23-14-7-6-13(10-15(14)24-16(18)19)20-25(21,22)9-8-11-2-4-12(17)5-3-11/h2-10,16,20H,1H3/b9-8+. The molecule has 0 fully saturated rings. The van der Waals surface area contributed by atoms with Crippen molar-refractivity contribution >= 4 is 33.4 Å². The van der Waals surface area contributed by atoms with Crippen LogP contribution in [-0.4, -0.2) is 22.1 Å². The van der Waals surface area contributed by atoms with Gasteiger partial charge in [-0.25, -0.2) is 8.42 Å². The molecule has 1 N–H and O–H groups in total. The average molecular weight is 390 g/mol. The predicted molar refractivity (Wildman–Crippen MR) is 92.7 cm³/mol. The Morgan fingerprint density at radius 3 is 2.40 bits per heavy atom. The Labute approximate surface area is 148 Å². The minimum atomic E-state index is -3.86. The molecule has 0 aromatic heterocycles. The molecule has 134 valence electrons. The highest BCUT2D eigenvalue weighted by molar-refractivity contribution is 7.95. The van der Waals surface area contributed by atoms with Gasteiger partial charge in [-0.05, 0) is 35.9 Å². The van der Waals surface area contributed by atoms with E-state index in [4.69, 9.17) is 16.3 Å². The SMILES string of the molecule is COc1ccc(NS(=O)(=O)/C=C/c2ccc(Cl)cc2)cc1OC(F)F. The first-order valence-corrected chi connectivity index (χ1v) is 8.81. The maximum atomic E-state index is 12.4. The van der Waals surface area contributed by atoms with Crippen molar-refractivity contribution in [2.75, 3.05) is 11.8 Å². The summed E-state index contributed by atoms with van der Waals surface area (Å²) in [5.74, 6) is -0.223. The molecule has 0 spiro atoms. The molecule has 0 atom stereocenters. The molecule has 0 aliphatic carbocycles. The van der Waals surface area contributed by atoms with Crippen LogP contribution in [0.25, 0.3) is 6.08 Å². The molecule has 25 heavy (non-hydrogen) atoms. The molecule has 0 aliphatic rings. The van der Waals surface area contributed by atoms with Crippen LogP contribution in [0.3, 0.4) is 0 Å². The van der Waals surface area contributed by atoms with Crippen LogP contribution in [0.2, 0.25) is 5.02 Å². The van der Waals surface area contributed by atoms with E-state index in [1.54, 1.807) is 24.3 Å². The maximum absolute atomic E-state index is 12.4. The van der Waals surface area contributed by atoms with Gasteiger partial charge in [0.2, 0.25) is 0 Å². The normalized spacial score (nSPS) is 11.7. The van der Waals surface area contributed by atoms with E-state index >= 15 is 0 Å². The number of anilines is 1. The monoisotopic (exact) mass is 389 g/mol. The van der Waals surface area contributed by atoms with Gasteiger partial charge in [-0.2, -0.15) is 8.78 Å². The van der Waals surface area contributed by atoms with Gasteiger partial charge in [0.05, 0.1) is 18.2 Å². The Balaban J connectivity index is 2.18. The highest BCUT2D eigenvalue weighted by Crippen LogP contribution is 2.31. The lowest BCUT2D eigenvalue weighted by Gasteiger charge is -2.12. The molecule has 2 aromatic carbocycles. The molecule has 2 aromatic rings. The van der Waals surface area contributed by atoms with Crippen molar-refractivity contribution in [3.05, 3.63) is 58.5 Å². The predicted octanol–water partition coefficient (Wildman–Crippen LogP) is 4.36. The number of methoxy groups -OCH3 is 1. The number of halogens is 3. The second-order valence-electron chi connectivity index (χ2n) is 4.75. The summed E-state index contributed by atoms with van der Waals surface area (Å²) in [6.07, 6.45) is 1.37. The third kappa shape index (κ3) is 5.91. The number of rotatable bonds is 7. The quantitative estimate of drug-likeness (QED) is 0.764. The third-order valence-electron chi connectivity index (χ3n) is 2.95. The molecule has 0 bridgehead atoms. The fourth-order valence-electron chi connectivity index (χ4n) is 1.87. The Kier molecular flexibility index (Phi) is 6.22. The summed E-state index contributed by atoms with van der Waals surface area (Å²) in [6, 6.07) is 10.3. The van der Waals surface area contributed by atoms with E-state index in [1.807, 2.05) is 0 Å². The third-order valence-corrected chi connectivity index (χ3v) is 4.22. The topological polar surface area (TPSA) is 64.6 Å². The molecule has 0 heterocycles. The van der Waals surface area contributed by atoms with Crippen LogP contribution < -0.4 is 14.2 Å². The second-order valence-corrected chi connectivity index (χ2v) is 6.75. The largest absolute Gasteiger partial charge is 0.493 e. The number of nitrogens with one attached hydrogen (secondary N) is 1. The number of sulfonamides is 1. The van der Waals surface area contributed by atoms with Crippen molar-refractivity contribution in [1.82, 2.24) is 0 Å². The van der Waals surface area contributed by atoms with Crippen LogP contribution in [0, 0.1) is 0 Å². The lowest BCUT2D eigenvalue weighted by Crippen LogP contribution is -2.10. The number of ether oxygens (including phenoxy) is 2. The van der Waals surface area contributed by atoms with E-state index in [9.17, 15) is 17.2 Å². The van der Waals surface area contributed by atoms with Gasteiger partial charge in [-0.15, -0.1) is 0 Å². The first-order valence-electron chi connectivity index (χ1n) is 6.88. The molecule has 9 heteroatoms.